The maximum absolute atomic E-state index is 12.4. The van der Waals surface area contributed by atoms with Gasteiger partial charge in [0.15, 0.2) is 0 Å². The smallest absolute Gasteiger partial charge is 0.336 e. The Morgan fingerprint density at radius 2 is 2.08 bits per heavy atom. The van der Waals surface area contributed by atoms with Crippen LogP contribution >= 0.6 is 0 Å². The number of carboxylic acid groups (broad SMARTS) is 1. The van der Waals surface area contributed by atoms with Crippen molar-refractivity contribution in [3.63, 3.8) is 0 Å². The van der Waals surface area contributed by atoms with Crippen LogP contribution in [0.3, 0.4) is 0 Å². The molecule has 0 aromatic heterocycles. The highest BCUT2D eigenvalue weighted by Crippen LogP contribution is 2.40. The topological polar surface area (TPSA) is 88.2 Å². The number of nitrogens with one attached hydrogen (secondary N) is 1. The molecule has 1 saturated heterocycles. The van der Waals surface area contributed by atoms with Gasteiger partial charge in [-0.05, 0) is 29.8 Å². The van der Waals surface area contributed by atoms with Crippen molar-refractivity contribution < 1.29 is 24.2 Å². The van der Waals surface area contributed by atoms with Crippen molar-refractivity contribution in [3.05, 3.63) is 59.2 Å². The summed E-state index contributed by atoms with van der Waals surface area (Å²) >= 11 is 0. The first-order chi connectivity index (χ1) is 12.1. The van der Waals surface area contributed by atoms with Gasteiger partial charge in [0.05, 0.1) is 29.0 Å². The average Bonchev–Trinajstić information content (AvgIpc) is 3.37. The van der Waals surface area contributed by atoms with Gasteiger partial charge in [-0.3, -0.25) is 4.79 Å². The number of carboxylic acids is 1. The van der Waals surface area contributed by atoms with Gasteiger partial charge in [-0.2, -0.15) is 0 Å². The van der Waals surface area contributed by atoms with Crippen molar-refractivity contribution >= 4 is 29.2 Å². The number of aromatic carboxylic acids is 1. The van der Waals surface area contributed by atoms with Crippen LogP contribution in [0, 0.1) is 0 Å². The predicted molar refractivity (Wildman–Crippen MR) is 91.6 cm³/mol. The molecular weight excluding hydrogens is 322 g/mol. The van der Waals surface area contributed by atoms with Crippen LogP contribution in [0.4, 0.5) is 5.69 Å². The molecule has 6 heteroatoms. The van der Waals surface area contributed by atoms with Crippen molar-refractivity contribution in [2.75, 3.05) is 18.5 Å². The Bertz CT molecular complexity index is 898. The second kappa shape index (κ2) is 6.07. The molecule has 0 spiro atoms. The zero-order chi connectivity index (χ0) is 17.4. The van der Waals surface area contributed by atoms with Crippen LogP contribution in [-0.2, 0) is 9.53 Å². The molecule has 0 aliphatic carbocycles. The summed E-state index contributed by atoms with van der Waals surface area (Å²) in [5.41, 5.74) is 2.29. The first-order valence-electron chi connectivity index (χ1n) is 7.86. The van der Waals surface area contributed by atoms with Crippen molar-refractivity contribution in [2.24, 2.45) is 0 Å². The molecule has 2 N–H and O–H groups in total. The predicted octanol–water partition coefficient (Wildman–Crippen LogP) is 2.66. The maximum atomic E-state index is 12.4. The Labute approximate surface area is 143 Å². The Balaban J connectivity index is 1.77. The molecule has 4 rings (SSSR count). The second-order valence-corrected chi connectivity index (χ2v) is 5.85. The molecular formula is C19H15NO5. The third-order valence-corrected chi connectivity index (χ3v) is 4.11. The third kappa shape index (κ3) is 2.99. The van der Waals surface area contributed by atoms with Gasteiger partial charge in [-0.1, -0.05) is 24.3 Å². The fourth-order valence-corrected chi connectivity index (χ4v) is 2.79. The molecule has 25 heavy (non-hydrogen) atoms. The number of carbonyl (C=O) groups excluding carboxylic acids is 1. The van der Waals surface area contributed by atoms with Crippen LogP contribution in [0.1, 0.15) is 21.5 Å². The molecule has 2 aromatic rings. The fourth-order valence-electron chi connectivity index (χ4n) is 2.79. The highest BCUT2D eigenvalue weighted by Gasteiger charge is 2.30. The summed E-state index contributed by atoms with van der Waals surface area (Å²) in [7, 11) is 0. The highest BCUT2D eigenvalue weighted by molar-refractivity contribution is 6.35. The number of anilines is 1. The molecule has 2 aliphatic rings. The molecule has 0 bridgehead atoms. The van der Waals surface area contributed by atoms with Crippen LogP contribution in [0.15, 0.2) is 42.5 Å². The van der Waals surface area contributed by atoms with Gasteiger partial charge in [0.25, 0.3) is 5.91 Å². The number of benzene rings is 2. The fraction of sp³-hybridized carbons (Fsp3) is 0.158. The van der Waals surface area contributed by atoms with Crippen LogP contribution in [-0.4, -0.2) is 36.3 Å². The standard InChI is InChI=1S/C19H15NO5/c21-18-14(8-11-4-1-2-5-13(11)19(22)23)17-15(20-18)6-3-7-16(17)25-10-12-9-24-12/h1-8,12H,9-10H2,(H,20,21)(H,22,23). The monoisotopic (exact) mass is 337 g/mol. The number of fused-ring (bicyclic) bond motifs is 1. The van der Waals surface area contributed by atoms with E-state index in [4.69, 9.17) is 9.47 Å². The van der Waals surface area contributed by atoms with E-state index in [-0.39, 0.29) is 17.6 Å². The van der Waals surface area contributed by atoms with Crippen molar-refractivity contribution in [3.8, 4) is 5.75 Å². The first-order valence-corrected chi connectivity index (χ1v) is 7.86. The van der Waals surface area contributed by atoms with Gasteiger partial charge in [0, 0.05) is 0 Å². The lowest BCUT2D eigenvalue weighted by atomic mass is 10.00. The zero-order valence-corrected chi connectivity index (χ0v) is 13.2. The number of amides is 1. The molecule has 1 amide bonds. The summed E-state index contributed by atoms with van der Waals surface area (Å²) < 4.78 is 10.9. The molecule has 2 aromatic carbocycles. The van der Waals surface area contributed by atoms with Crippen molar-refractivity contribution in [1.29, 1.82) is 0 Å². The summed E-state index contributed by atoms with van der Waals surface area (Å²) in [6.45, 7) is 1.10. The summed E-state index contributed by atoms with van der Waals surface area (Å²) in [5, 5.41) is 12.1. The number of epoxide rings is 1. The number of ether oxygens (including phenoxy) is 2. The number of hydrogen-bond acceptors (Lipinski definition) is 4. The Morgan fingerprint density at radius 1 is 1.28 bits per heavy atom. The molecule has 1 fully saturated rings. The minimum Gasteiger partial charge on any atom is -0.490 e. The highest BCUT2D eigenvalue weighted by atomic mass is 16.6. The van der Waals surface area contributed by atoms with Crippen LogP contribution < -0.4 is 10.1 Å². The summed E-state index contributed by atoms with van der Waals surface area (Å²) in [6.07, 6.45) is 1.69. The van der Waals surface area contributed by atoms with E-state index >= 15 is 0 Å². The molecule has 0 saturated carbocycles. The van der Waals surface area contributed by atoms with E-state index in [1.54, 1.807) is 42.5 Å². The van der Waals surface area contributed by atoms with Crippen LogP contribution in [0.5, 0.6) is 5.75 Å². The van der Waals surface area contributed by atoms with E-state index in [0.29, 0.717) is 41.4 Å². The number of hydrogen-bond donors (Lipinski definition) is 2. The van der Waals surface area contributed by atoms with Gasteiger partial charge in [0.1, 0.15) is 18.5 Å². The largest absolute Gasteiger partial charge is 0.490 e. The first kappa shape index (κ1) is 15.4. The van der Waals surface area contributed by atoms with Gasteiger partial charge in [-0.25, -0.2) is 4.79 Å². The minimum atomic E-state index is -1.04. The molecule has 1 unspecified atom stereocenters. The summed E-state index contributed by atoms with van der Waals surface area (Å²) in [6, 6.07) is 11.9. The van der Waals surface area contributed by atoms with Crippen LogP contribution in [0.25, 0.3) is 11.6 Å². The third-order valence-electron chi connectivity index (χ3n) is 4.11. The van der Waals surface area contributed by atoms with Gasteiger partial charge in [0.2, 0.25) is 0 Å². The lowest BCUT2D eigenvalue weighted by Crippen LogP contribution is -2.06. The molecule has 2 heterocycles. The summed E-state index contributed by atoms with van der Waals surface area (Å²) in [4.78, 5) is 23.8. The normalized spacial score (nSPS) is 19.4. The maximum Gasteiger partial charge on any atom is 0.336 e. The van der Waals surface area contributed by atoms with E-state index in [2.05, 4.69) is 5.32 Å². The van der Waals surface area contributed by atoms with Gasteiger partial charge >= 0.3 is 5.97 Å². The molecule has 126 valence electrons. The SMILES string of the molecule is O=C1Nc2cccc(OCC3CO3)c2C1=Cc1ccccc1C(=O)O. The Hall–Kier alpha value is -3.12. The van der Waals surface area contributed by atoms with E-state index in [9.17, 15) is 14.7 Å². The van der Waals surface area contributed by atoms with E-state index < -0.39 is 5.97 Å². The quantitative estimate of drug-likeness (QED) is 0.647. The Morgan fingerprint density at radius 3 is 2.84 bits per heavy atom. The van der Waals surface area contributed by atoms with E-state index in [1.807, 2.05) is 0 Å². The molecule has 1 atom stereocenters. The van der Waals surface area contributed by atoms with E-state index in [1.165, 1.54) is 6.07 Å². The molecule has 2 aliphatic heterocycles. The number of carbonyl (C=O) groups is 2. The molecule has 0 radical (unpaired) electrons. The minimum absolute atomic E-state index is 0.0982. The zero-order valence-electron chi connectivity index (χ0n) is 13.2. The molecule has 6 nitrogen and oxygen atoms in total. The second-order valence-electron chi connectivity index (χ2n) is 5.85. The summed E-state index contributed by atoms with van der Waals surface area (Å²) in [5.74, 6) is -0.749. The average molecular weight is 337 g/mol. The van der Waals surface area contributed by atoms with Crippen molar-refractivity contribution in [2.45, 2.75) is 6.10 Å². The number of rotatable bonds is 5. The van der Waals surface area contributed by atoms with Crippen LogP contribution in [0.2, 0.25) is 0 Å². The Kier molecular flexibility index (Phi) is 3.74. The lowest BCUT2D eigenvalue weighted by Gasteiger charge is -2.10. The lowest BCUT2D eigenvalue weighted by molar-refractivity contribution is -0.110. The van der Waals surface area contributed by atoms with Gasteiger partial charge in [-0.15, -0.1) is 0 Å². The van der Waals surface area contributed by atoms with Gasteiger partial charge < -0.3 is 19.9 Å². The van der Waals surface area contributed by atoms with E-state index in [0.717, 1.165) is 0 Å². The van der Waals surface area contributed by atoms with Crippen molar-refractivity contribution in [1.82, 2.24) is 0 Å².